The minimum atomic E-state index is -0.758. The molecule has 0 aliphatic rings. The zero-order valence-electron chi connectivity index (χ0n) is 35.4. The largest absolute Gasteiger partial charge is 0.462 e. The van der Waals surface area contributed by atoms with Crippen molar-refractivity contribution in [3.63, 3.8) is 0 Å². The third kappa shape index (κ3) is 39.6. The van der Waals surface area contributed by atoms with E-state index in [0.29, 0.717) is 19.3 Å². The van der Waals surface area contributed by atoms with Crippen LogP contribution in [-0.4, -0.2) is 37.2 Å². The summed E-state index contributed by atoms with van der Waals surface area (Å²) in [5, 5.41) is 0. The molecule has 0 radical (unpaired) electrons. The zero-order valence-corrected chi connectivity index (χ0v) is 35.4. The molecule has 308 valence electrons. The van der Waals surface area contributed by atoms with Gasteiger partial charge in [-0.3, -0.25) is 14.4 Å². The van der Waals surface area contributed by atoms with Crippen LogP contribution in [0.15, 0.2) is 0 Å². The van der Waals surface area contributed by atoms with Crippen molar-refractivity contribution in [2.45, 2.75) is 253 Å². The standard InChI is InChI=1S/C46H88O6/c1-6-7-8-24-33-38-46(49)52-43(40-51-45(48)37-32-28-23-19-15-11-13-17-21-26-30-35-42(4)5)39-50-44(47)36-31-27-22-18-14-10-9-12-16-20-25-29-34-41(2)3/h41-43H,6-40H2,1-5H3/t43-/m0/s1. The molecule has 0 aromatic heterocycles. The van der Waals surface area contributed by atoms with Crippen molar-refractivity contribution < 1.29 is 28.6 Å². The molecule has 0 bridgehead atoms. The number of unbranched alkanes of at least 4 members (excludes halogenated alkanes) is 25. The monoisotopic (exact) mass is 737 g/mol. The number of carbonyl (C=O) groups excluding carboxylic acids is 3. The predicted molar refractivity (Wildman–Crippen MR) is 220 cm³/mol. The van der Waals surface area contributed by atoms with E-state index < -0.39 is 6.10 Å². The van der Waals surface area contributed by atoms with Crippen LogP contribution in [0.4, 0.5) is 0 Å². The molecule has 0 saturated heterocycles. The van der Waals surface area contributed by atoms with E-state index >= 15 is 0 Å². The first-order chi connectivity index (χ1) is 25.2. The number of ether oxygens (including phenoxy) is 3. The maximum absolute atomic E-state index is 12.5. The van der Waals surface area contributed by atoms with Gasteiger partial charge in [0.25, 0.3) is 0 Å². The highest BCUT2D eigenvalue weighted by Crippen LogP contribution is 2.16. The molecule has 0 aromatic rings. The van der Waals surface area contributed by atoms with Crippen molar-refractivity contribution in [2.24, 2.45) is 11.8 Å². The van der Waals surface area contributed by atoms with Crippen LogP contribution in [-0.2, 0) is 28.6 Å². The molecule has 6 heteroatoms. The predicted octanol–water partition coefficient (Wildman–Crippen LogP) is 14.2. The number of rotatable bonds is 40. The molecular formula is C46H88O6. The number of hydrogen-bond donors (Lipinski definition) is 0. The Hall–Kier alpha value is -1.59. The van der Waals surface area contributed by atoms with Crippen molar-refractivity contribution in [1.29, 1.82) is 0 Å². The van der Waals surface area contributed by atoms with Crippen LogP contribution in [0.5, 0.6) is 0 Å². The van der Waals surface area contributed by atoms with E-state index in [0.717, 1.165) is 76.0 Å². The second kappa shape index (κ2) is 39.1. The van der Waals surface area contributed by atoms with E-state index in [1.165, 1.54) is 128 Å². The van der Waals surface area contributed by atoms with Gasteiger partial charge in [-0.25, -0.2) is 0 Å². The van der Waals surface area contributed by atoms with E-state index in [2.05, 4.69) is 34.6 Å². The van der Waals surface area contributed by atoms with Crippen LogP contribution in [0.1, 0.15) is 247 Å². The highest BCUT2D eigenvalue weighted by molar-refractivity contribution is 5.71. The van der Waals surface area contributed by atoms with Crippen LogP contribution in [0.25, 0.3) is 0 Å². The maximum atomic E-state index is 12.5. The minimum absolute atomic E-state index is 0.0661. The third-order valence-electron chi connectivity index (χ3n) is 10.2. The summed E-state index contributed by atoms with van der Waals surface area (Å²) in [4.78, 5) is 37.4. The Morgan fingerprint density at radius 3 is 0.942 bits per heavy atom. The van der Waals surface area contributed by atoms with Crippen molar-refractivity contribution in [3.8, 4) is 0 Å². The molecule has 0 saturated carbocycles. The van der Waals surface area contributed by atoms with Crippen LogP contribution in [0, 0.1) is 11.8 Å². The smallest absolute Gasteiger partial charge is 0.306 e. The Morgan fingerprint density at radius 1 is 0.365 bits per heavy atom. The van der Waals surface area contributed by atoms with E-state index in [4.69, 9.17) is 14.2 Å². The molecule has 52 heavy (non-hydrogen) atoms. The van der Waals surface area contributed by atoms with E-state index in [1.807, 2.05) is 0 Å². The second-order valence-corrected chi connectivity index (χ2v) is 16.6. The summed E-state index contributed by atoms with van der Waals surface area (Å²) < 4.78 is 16.6. The quantitative estimate of drug-likeness (QED) is 0.0354. The van der Waals surface area contributed by atoms with Gasteiger partial charge in [-0.05, 0) is 31.1 Å². The summed E-state index contributed by atoms with van der Waals surface area (Å²) in [5.41, 5.74) is 0. The van der Waals surface area contributed by atoms with Gasteiger partial charge in [0, 0.05) is 19.3 Å². The molecule has 0 aromatic carbocycles. The minimum Gasteiger partial charge on any atom is -0.462 e. The molecule has 0 unspecified atom stereocenters. The summed E-state index contributed by atoms with van der Waals surface area (Å²) in [5.74, 6) is 0.790. The summed E-state index contributed by atoms with van der Waals surface area (Å²) in [6.07, 6.45) is 36.9. The normalized spacial score (nSPS) is 12.1. The van der Waals surface area contributed by atoms with E-state index in [-0.39, 0.29) is 31.1 Å². The number of hydrogen-bond acceptors (Lipinski definition) is 6. The van der Waals surface area contributed by atoms with Crippen LogP contribution >= 0.6 is 0 Å². The Bertz CT molecular complexity index is 794. The molecule has 0 fully saturated rings. The summed E-state index contributed by atoms with van der Waals surface area (Å²) in [6, 6.07) is 0. The molecule has 0 aliphatic heterocycles. The van der Waals surface area contributed by atoms with Crippen molar-refractivity contribution in [2.75, 3.05) is 13.2 Å². The fraction of sp³-hybridized carbons (Fsp3) is 0.935. The van der Waals surface area contributed by atoms with Crippen LogP contribution in [0.2, 0.25) is 0 Å². The average molecular weight is 737 g/mol. The van der Waals surface area contributed by atoms with Crippen molar-refractivity contribution >= 4 is 17.9 Å². The lowest BCUT2D eigenvalue weighted by Crippen LogP contribution is -2.30. The summed E-state index contributed by atoms with van der Waals surface area (Å²) in [7, 11) is 0. The van der Waals surface area contributed by atoms with Gasteiger partial charge in [0.1, 0.15) is 13.2 Å². The van der Waals surface area contributed by atoms with E-state index in [1.54, 1.807) is 0 Å². The van der Waals surface area contributed by atoms with E-state index in [9.17, 15) is 14.4 Å². The van der Waals surface area contributed by atoms with Crippen LogP contribution < -0.4 is 0 Å². The van der Waals surface area contributed by atoms with Gasteiger partial charge in [0.15, 0.2) is 6.10 Å². The lowest BCUT2D eigenvalue weighted by atomic mass is 10.0. The lowest BCUT2D eigenvalue weighted by molar-refractivity contribution is -0.167. The second-order valence-electron chi connectivity index (χ2n) is 16.6. The van der Waals surface area contributed by atoms with Gasteiger partial charge in [-0.2, -0.15) is 0 Å². The van der Waals surface area contributed by atoms with Crippen LogP contribution in [0.3, 0.4) is 0 Å². The van der Waals surface area contributed by atoms with Gasteiger partial charge in [-0.1, -0.05) is 208 Å². The van der Waals surface area contributed by atoms with Crippen molar-refractivity contribution in [3.05, 3.63) is 0 Å². The molecule has 0 aliphatic carbocycles. The fourth-order valence-electron chi connectivity index (χ4n) is 6.75. The number of esters is 3. The SMILES string of the molecule is CCCCCCCC(=O)O[C@@H](COC(=O)CCCCCCCCCCCCCCC(C)C)COC(=O)CCCCCCCCCCCCCC(C)C. The molecule has 0 spiro atoms. The lowest BCUT2D eigenvalue weighted by Gasteiger charge is -2.18. The first-order valence-corrected chi connectivity index (χ1v) is 22.7. The Balaban J connectivity index is 4.14. The van der Waals surface area contributed by atoms with Gasteiger partial charge in [0.05, 0.1) is 0 Å². The van der Waals surface area contributed by atoms with Gasteiger partial charge >= 0.3 is 17.9 Å². The van der Waals surface area contributed by atoms with Gasteiger partial charge < -0.3 is 14.2 Å². The highest BCUT2D eigenvalue weighted by Gasteiger charge is 2.19. The molecular weight excluding hydrogens is 649 g/mol. The average Bonchev–Trinajstić information content (AvgIpc) is 3.11. The van der Waals surface area contributed by atoms with Crippen molar-refractivity contribution in [1.82, 2.24) is 0 Å². The topological polar surface area (TPSA) is 78.9 Å². The highest BCUT2D eigenvalue weighted by atomic mass is 16.6. The molecule has 0 rings (SSSR count). The van der Waals surface area contributed by atoms with Gasteiger partial charge in [-0.15, -0.1) is 0 Å². The fourth-order valence-corrected chi connectivity index (χ4v) is 6.75. The Morgan fingerprint density at radius 2 is 0.635 bits per heavy atom. The maximum Gasteiger partial charge on any atom is 0.306 e. The molecule has 6 nitrogen and oxygen atoms in total. The number of carbonyl (C=O) groups is 3. The molecule has 1 atom stereocenters. The first-order valence-electron chi connectivity index (χ1n) is 22.7. The zero-order chi connectivity index (χ0) is 38.3. The molecule has 0 heterocycles. The molecule has 0 amide bonds. The Labute approximate surface area is 323 Å². The Kier molecular flexibility index (Phi) is 37.9. The summed E-state index contributed by atoms with van der Waals surface area (Å²) >= 11 is 0. The first kappa shape index (κ1) is 50.4. The van der Waals surface area contributed by atoms with Gasteiger partial charge in [0.2, 0.25) is 0 Å². The summed E-state index contributed by atoms with van der Waals surface area (Å²) in [6.45, 7) is 11.3. The molecule has 0 N–H and O–H groups in total. The third-order valence-corrected chi connectivity index (χ3v) is 10.2.